The van der Waals surface area contributed by atoms with E-state index >= 15 is 0 Å². The molecule has 0 unspecified atom stereocenters. The van der Waals surface area contributed by atoms with Crippen LogP contribution < -0.4 is 4.83 Å². The third-order valence-electron chi connectivity index (χ3n) is 2.94. The maximum atomic E-state index is 13.7. The normalized spacial score (nSPS) is 12.2. The number of benzene rings is 2. The largest absolute Gasteiger partial charge is 0.276 e. The van der Waals surface area contributed by atoms with Crippen LogP contribution in [0.15, 0.2) is 58.5 Å². The fraction of sp³-hybridized carbons (Fsp3) is 0.133. The number of halogens is 2. The van der Waals surface area contributed by atoms with E-state index in [0.29, 0.717) is 0 Å². The van der Waals surface area contributed by atoms with Gasteiger partial charge in [0.2, 0.25) is 0 Å². The summed E-state index contributed by atoms with van der Waals surface area (Å²) in [6.45, 7) is 1.86. The van der Waals surface area contributed by atoms with Crippen molar-refractivity contribution in [1.29, 1.82) is 0 Å². The lowest BCUT2D eigenvalue weighted by Crippen LogP contribution is -2.21. The zero-order chi connectivity index (χ0) is 16.2. The highest BCUT2D eigenvalue weighted by Gasteiger charge is 2.14. The molecule has 0 saturated heterocycles. The van der Waals surface area contributed by atoms with Gasteiger partial charge in [0.25, 0.3) is 10.0 Å². The van der Waals surface area contributed by atoms with Gasteiger partial charge < -0.3 is 0 Å². The van der Waals surface area contributed by atoms with Crippen molar-refractivity contribution in [1.82, 2.24) is 4.83 Å². The van der Waals surface area contributed by atoms with Crippen LogP contribution in [0.5, 0.6) is 0 Å². The van der Waals surface area contributed by atoms with Crippen LogP contribution in [0.1, 0.15) is 11.1 Å². The zero-order valence-electron chi connectivity index (χ0n) is 11.8. The van der Waals surface area contributed by atoms with Gasteiger partial charge in [-0.05, 0) is 25.1 Å². The Morgan fingerprint density at radius 3 is 2.41 bits per heavy atom. The predicted molar refractivity (Wildman–Crippen MR) is 88.2 cm³/mol. The molecule has 116 valence electrons. The number of alkyl halides is 1. The number of hydrogen-bond acceptors (Lipinski definition) is 3. The second-order valence-electron chi connectivity index (χ2n) is 4.58. The molecule has 0 fully saturated rings. The van der Waals surface area contributed by atoms with Crippen LogP contribution in [0, 0.1) is 12.7 Å². The Balaban J connectivity index is 2.28. The fourth-order valence-corrected chi connectivity index (χ4v) is 3.00. The summed E-state index contributed by atoms with van der Waals surface area (Å²) < 4.78 is 38.0. The standard InChI is InChI=1S/C15H14BrFN2O2S/c1-11-6-8-12(9-7-11)22(20,21)19-18-15(10-16)13-4-2-3-5-14(13)17/h2-9,19H,10H2,1H3/b18-15+. The summed E-state index contributed by atoms with van der Waals surface area (Å²) in [5.74, 6) is -0.463. The van der Waals surface area contributed by atoms with E-state index in [4.69, 9.17) is 0 Å². The first-order valence-corrected chi connectivity index (χ1v) is 9.00. The average Bonchev–Trinajstić information content (AvgIpc) is 2.50. The van der Waals surface area contributed by atoms with Gasteiger partial charge in [-0.15, -0.1) is 0 Å². The Bertz CT molecular complexity index is 789. The van der Waals surface area contributed by atoms with Crippen LogP contribution >= 0.6 is 15.9 Å². The summed E-state index contributed by atoms with van der Waals surface area (Å²) in [6, 6.07) is 12.4. The van der Waals surface area contributed by atoms with Gasteiger partial charge in [0.1, 0.15) is 5.82 Å². The molecule has 0 amide bonds. The van der Waals surface area contributed by atoms with Gasteiger partial charge in [-0.25, -0.2) is 4.39 Å². The first kappa shape index (κ1) is 16.6. The lowest BCUT2D eigenvalue weighted by molar-refractivity contribution is 0.584. The maximum Gasteiger partial charge on any atom is 0.276 e. The summed E-state index contributed by atoms with van der Waals surface area (Å²) >= 11 is 3.19. The smallest absolute Gasteiger partial charge is 0.206 e. The van der Waals surface area contributed by atoms with E-state index in [2.05, 4.69) is 25.9 Å². The Kier molecular flexibility index (Phi) is 5.31. The van der Waals surface area contributed by atoms with Crippen LogP contribution in [0.2, 0.25) is 0 Å². The molecule has 0 aliphatic heterocycles. The van der Waals surface area contributed by atoms with Crippen LogP contribution in [0.25, 0.3) is 0 Å². The summed E-state index contributed by atoms with van der Waals surface area (Å²) in [5, 5.41) is 4.05. The molecule has 0 radical (unpaired) electrons. The van der Waals surface area contributed by atoms with Crippen LogP contribution in [-0.2, 0) is 10.0 Å². The second-order valence-corrected chi connectivity index (χ2v) is 6.80. The van der Waals surface area contributed by atoms with Gasteiger partial charge in [0.15, 0.2) is 0 Å². The molecule has 0 saturated carbocycles. The third kappa shape index (κ3) is 3.92. The van der Waals surface area contributed by atoms with Gasteiger partial charge in [0, 0.05) is 10.9 Å². The molecule has 0 bridgehead atoms. The molecule has 0 spiro atoms. The Morgan fingerprint density at radius 1 is 1.18 bits per heavy atom. The molecule has 0 atom stereocenters. The Labute approximate surface area is 137 Å². The number of nitrogens with one attached hydrogen (secondary N) is 1. The van der Waals surface area contributed by atoms with E-state index in [9.17, 15) is 12.8 Å². The maximum absolute atomic E-state index is 13.7. The van der Waals surface area contributed by atoms with Crippen molar-refractivity contribution in [3.8, 4) is 0 Å². The highest BCUT2D eigenvalue weighted by atomic mass is 79.9. The van der Waals surface area contributed by atoms with Crippen molar-refractivity contribution < 1.29 is 12.8 Å². The molecular weight excluding hydrogens is 371 g/mol. The first-order valence-electron chi connectivity index (χ1n) is 6.40. The highest BCUT2D eigenvalue weighted by Crippen LogP contribution is 2.12. The summed E-state index contributed by atoms with van der Waals surface area (Å²) in [5.41, 5.74) is 1.45. The second kappa shape index (κ2) is 7.02. The SMILES string of the molecule is Cc1ccc(S(=O)(=O)N/N=C(\CBr)c2ccccc2F)cc1. The van der Waals surface area contributed by atoms with Gasteiger partial charge in [-0.3, -0.25) is 0 Å². The highest BCUT2D eigenvalue weighted by molar-refractivity contribution is 9.09. The number of rotatable bonds is 5. The monoisotopic (exact) mass is 384 g/mol. The number of aryl methyl sites for hydroxylation is 1. The van der Waals surface area contributed by atoms with Crippen molar-refractivity contribution in [2.24, 2.45) is 5.10 Å². The molecule has 2 aromatic rings. The fourth-order valence-electron chi connectivity index (χ4n) is 1.74. The number of hydrogen-bond donors (Lipinski definition) is 1. The van der Waals surface area contributed by atoms with E-state index in [-0.39, 0.29) is 21.5 Å². The molecule has 0 aliphatic rings. The summed E-state index contributed by atoms with van der Waals surface area (Å²) in [4.78, 5) is 2.24. The summed E-state index contributed by atoms with van der Waals surface area (Å²) in [7, 11) is -3.78. The van der Waals surface area contributed by atoms with Crippen molar-refractivity contribution in [2.45, 2.75) is 11.8 Å². The van der Waals surface area contributed by atoms with Crippen molar-refractivity contribution >= 4 is 31.7 Å². The van der Waals surface area contributed by atoms with Crippen LogP contribution in [-0.4, -0.2) is 19.5 Å². The molecule has 1 N–H and O–H groups in total. The van der Waals surface area contributed by atoms with E-state index in [1.165, 1.54) is 24.3 Å². The zero-order valence-corrected chi connectivity index (χ0v) is 14.2. The quantitative estimate of drug-likeness (QED) is 0.488. The average molecular weight is 385 g/mol. The minimum absolute atomic E-state index is 0.101. The van der Waals surface area contributed by atoms with Crippen LogP contribution in [0.3, 0.4) is 0 Å². The molecule has 2 rings (SSSR count). The lowest BCUT2D eigenvalue weighted by atomic mass is 10.1. The van der Waals surface area contributed by atoms with Crippen molar-refractivity contribution in [3.05, 3.63) is 65.5 Å². The summed E-state index contributed by atoms with van der Waals surface area (Å²) in [6.07, 6.45) is 0. The predicted octanol–water partition coefficient (Wildman–Crippen LogP) is 3.21. The minimum Gasteiger partial charge on any atom is -0.206 e. The molecular formula is C15H14BrFN2O2S. The third-order valence-corrected chi connectivity index (χ3v) is 4.70. The van der Waals surface area contributed by atoms with Crippen molar-refractivity contribution in [3.63, 3.8) is 0 Å². The minimum atomic E-state index is -3.78. The molecule has 7 heteroatoms. The van der Waals surface area contributed by atoms with Crippen LogP contribution in [0.4, 0.5) is 4.39 Å². The number of sulfonamides is 1. The molecule has 4 nitrogen and oxygen atoms in total. The number of hydrazone groups is 1. The van der Waals surface area contributed by atoms with Crippen molar-refractivity contribution in [2.75, 3.05) is 5.33 Å². The molecule has 0 aliphatic carbocycles. The Hall–Kier alpha value is -1.73. The van der Waals surface area contributed by atoms with Gasteiger partial charge in [-0.1, -0.05) is 51.8 Å². The van der Waals surface area contributed by atoms with E-state index in [1.54, 1.807) is 24.3 Å². The molecule has 22 heavy (non-hydrogen) atoms. The lowest BCUT2D eigenvalue weighted by Gasteiger charge is -2.07. The van der Waals surface area contributed by atoms with E-state index in [1.807, 2.05) is 6.92 Å². The molecule has 0 aromatic heterocycles. The Morgan fingerprint density at radius 2 is 1.82 bits per heavy atom. The molecule has 2 aromatic carbocycles. The topological polar surface area (TPSA) is 58.5 Å². The van der Waals surface area contributed by atoms with Gasteiger partial charge >= 0.3 is 0 Å². The molecule has 0 heterocycles. The number of nitrogens with zero attached hydrogens (tertiary/aromatic N) is 1. The van der Waals surface area contributed by atoms with Gasteiger partial charge in [-0.2, -0.15) is 18.4 Å². The van der Waals surface area contributed by atoms with E-state index in [0.717, 1.165) is 5.56 Å². The first-order chi connectivity index (χ1) is 10.4. The van der Waals surface area contributed by atoms with Gasteiger partial charge in [0.05, 0.1) is 10.6 Å². The van der Waals surface area contributed by atoms with E-state index < -0.39 is 15.8 Å².